The summed E-state index contributed by atoms with van der Waals surface area (Å²) in [7, 11) is 0. The molecule has 1 heterocycles. The van der Waals surface area contributed by atoms with Gasteiger partial charge in [0.05, 0.1) is 10.2 Å². The third kappa shape index (κ3) is 2.37. The summed E-state index contributed by atoms with van der Waals surface area (Å²) in [4.78, 5) is 4.36. The minimum atomic E-state index is -0.276. The fraction of sp³-hybridized carbons (Fsp3) is 0.0714. The zero-order valence-electron chi connectivity index (χ0n) is 10.2. The second kappa shape index (κ2) is 4.51. The Morgan fingerprint density at radius 1 is 1.21 bits per heavy atom. The molecule has 3 aromatic rings. The molecule has 0 spiro atoms. The molecule has 0 unspecified atom stereocenters. The summed E-state index contributed by atoms with van der Waals surface area (Å²) in [5.74, 6) is 0.329. The van der Waals surface area contributed by atoms with Gasteiger partial charge in [0.25, 0.3) is 5.19 Å². The highest BCUT2D eigenvalue weighted by molar-refractivity contribution is 7.20. The number of nitrogens with two attached hydrogens (primary N) is 1. The Labute approximate surface area is 113 Å². The number of thiazole rings is 1. The first-order valence-electron chi connectivity index (χ1n) is 5.72. The topological polar surface area (TPSA) is 48.1 Å². The van der Waals surface area contributed by atoms with Gasteiger partial charge in [-0.1, -0.05) is 11.3 Å². The highest BCUT2D eigenvalue weighted by atomic mass is 32.1. The molecule has 3 rings (SSSR count). The molecule has 96 valence electrons. The zero-order valence-corrected chi connectivity index (χ0v) is 11.0. The molecular weight excluding hydrogens is 263 g/mol. The molecule has 0 radical (unpaired) electrons. The van der Waals surface area contributed by atoms with E-state index in [-0.39, 0.29) is 5.82 Å². The van der Waals surface area contributed by atoms with Gasteiger partial charge in [0.15, 0.2) is 0 Å². The number of anilines is 1. The number of aryl methyl sites for hydroxylation is 1. The summed E-state index contributed by atoms with van der Waals surface area (Å²) in [6.45, 7) is 1.80. The predicted molar refractivity (Wildman–Crippen MR) is 75.2 cm³/mol. The maximum atomic E-state index is 13.0. The lowest BCUT2D eigenvalue weighted by Gasteiger charge is -2.04. The van der Waals surface area contributed by atoms with E-state index in [2.05, 4.69) is 4.98 Å². The third-order valence-corrected chi connectivity index (χ3v) is 3.62. The van der Waals surface area contributed by atoms with Crippen LogP contribution in [0.4, 0.5) is 10.1 Å². The maximum absolute atomic E-state index is 13.0. The molecule has 3 nitrogen and oxygen atoms in total. The quantitative estimate of drug-likeness (QED) is 0.715. The van der Waals surface area contributed by atoms with Gasteiger partial charge in [0.2, 0.25) is 0 Å². The van der Waals surface area contributed by atoms with Crippen LogP contribution < -0.4 is 10.5 Å². The van der Waals surface area contributed by atoms with Crippen LogP contribution in [0.5, 0.6) is 10.9 Å². The Hall–Kier alpha value is -2.14. The van der Waals surface area contributed by atoms with Gasteiger partial charge >= 0.3 is 0 Å². The molecule has 0 aliphatic heterocycles. The first kappa shape index (κ1) is 11.9. The molecule has 0 amide bonds. The number of fused-ring (bicyclic) bond motifs is 1. The predicted octanol–water partition coefficient (Wildman–Crippen LogP) is 4.12. The first-order chi connectivity index (χ1) is 9.11. The smallest absolute Gasteiger partial charge is 0.279 e. The van der Waals surface area contributed by atoms with Crippen LogP contribution in [0.15, 0.2) is 36.4 Å². The fourth-order valence-corrected chi connectivity index (χ4v) is 2.66. The lowest BCUT2D eigenvalue weighted by atomic mass is 10.2. The minimum absolute atomic E-state index is 0.276. The van der Waals surface area contributed by atoms with Crippen molar-refractivity contribution in [3.05, 3.63) is 47.8 Å². The molecule has 19 heavy (non-hydrogen) atoms. The summed E-state index contributed by atoms with van der Waals surface area (Å²) in [5.41, 5.74) is 7.99. The molecule has 0 aliphatic rings. The van der Waals surface area contributed by atoms with Crippen LogP contribution >= 0.6 is 11.3 Å². The van der Waals surface area contributed by atoms with E-state index >= 15 is 0 Å². The highest BCUT2D eigenvalue weighted by Gasteiger charge is 2.08. The van der Waals surface area contributed by atoms with E-state index in [1.54, 1.807) is 19.1 Å². The molecule has 5 heteroatoms. The molecule has 2 aromatic carbocycles. The first-order valence-corrected chi connectivity index (χ1v) is 6.53. The second-order valence-electron chi connectivity index (χ2n) is 4.22. The fourth-order valence-electron chi connectivity index (χ4n) is 1.79. The third-order valence-electron chi connectivity index (χ3n) is 2.73. The number of halogens is 1. The van der Waals surface area contributed by atoms with Crippen LogP contribution in [-0.2, 0) is 0 Å². The van der Waals surface area contributed by atoms with Crippen LogP contribution in [0.1, 0.15) is 5.56 Å². The molecule has 0 bridgehead atoms. The number of nitrogens with zero attached hydrogens (tertiary/aromatic N) is 1. The summed E-state index contributed by atoms with van der Waals surface area (Å²) < 4.78 is 19.7. The average Bonchev–Trinajstić information content (AvgIpc) is 2.74. The Morgan fingerprint density at radius 2 is 2.05 bits per heavy atom. The average molecular weight is 274 g/mol. The SMILES string of the molecule is Cc1cc(F)ccc1Oc1nc2ccc(N)cc2s1. The van der Waals surface area contributed by atoms with Crippen molar-refractivity contribution in [3.63, 3.8) is 0 Å². The van der Waals surface area contributed by atoms with Crippen molar-refractivity contribution in [2.45, 2.75) is 6.92 Å². The number of ether oxygens (including phenoxy) is 1. The summed E-state index contributed by atoms with van der Waals surface area (Å²) in [5, 5.41) is 0.523. The summed E-state index contributed by atoms with van der Waals surface area (Å²) in [6.07, 6.45) is 0. The van der Waals surface area contributed by atoms with Crippen LogP contribution in [0.2, 0.25) is 0 Å². The van der Waals surface area contributed by atoms with Crippen molar-refractivity contribution in [2.24, 2.45) is 0 Å². The normalized spacial score (nSPS) is 10.8. The van der Waals surface area contributed by atoms with Crippen molar-refractivity contribution in [3.8, 4) is 10.9 Å². The van der Waals surface area contributed by atoms with Crippen LogP contribution in [0, 0.1) is 12.7 Å². The van der Waals surface area contributed by atoms with Crippen molar-refractivity contribution in [1.29, 1.82) is 0 Å². The summed E-state index contributed by atoms with van der Waals surface area (Å²) >= 11 is 1.41. The van der Waals surface area contributed by atoms with Gasteiger partial charge in [-0.3, -0.25) is 0 Å². The molecule has 2 N–H and O–H groups in total. The number of aromatic nitrogens is 1. The molecule has 0 aliphatic carbocycles. The van der Waals surface area contributed by atoms with Gasteiger partial charge in [-0.25, -0.2) is 9.37 Å². The molecule has 0 fully saturated rings. The number of benzene rings is 2. The number of hydrogen-bond acceptors (Lipinski definition) is 4. The van der Waals surface area contributed by atoms with E-state index in [0.717, 1.165) is 15.8 Å². The monoisotopic (exact) mass is 274 g/mol. The Morgan fingerprint density at radius 3 is 2.84 bits per heavy atom. The standard InChI is InChI=1S/C14H11FN2OS/c1-8-6-9(15)2-5-12(8)18-14-17-11-4-3-10(16)7-13(11)19-14/h2-7H,16H2,1H3. The van der Waals surface area contributed by atoms with Crippen molar-refractivity contribution in [2.75, 3.05) is 5.73 Å². The van der Waals surface area contributed by atoms with Crippen LogP contribution in [0.3, 0.4) is 0 Å². The van der Waals surface area contributed by atoms with Crippen molar-refractivity contribution >= 4 is 27.2 Å². The minimum Gasteiger partial charge on any atom is -0.431 e. The molecular formula is C14H11FN2OS. The number of nitrogen functional groups attached to an aromatic ring is 1. The van der Waals surface area contributed by atoms with Gasteiger partial charge in [0, 0.05) is 5.69 Å². The number of rotatable bonds is 2. The van der Waals surface area contributed by atoms with Gasteiger partial charge in [-0.2, -0.15) is 0 Å². The Bertz CT molecular complexity index is 754. The maximum Gasteiger partial charge on any atom is 0.279 e. The molecule has 0 atom stereocenters. The van der Waals surface area contributed by atoms with Crippen molar-refractivity contribution in [1.82, 2.24) is 4.98 Å². The lowest BCUT2D eigenvalue weighted by Crippen LogP contribution is -1.87. The molecule has 0 saturated heterocycles. The van der Waals surface area contributed by atoms with E-state index in [0.29, 0.717) is 16.6 Å². The Balaban J connectivity index is 1.96. The van der Waals surface area contributed by atoms with Crippen LogP contribution in [-0.4, -0.2) is 4.98 Å². The van der Waals surface area contributed by atoms with Gasteiger partial charge in [-0.15, -0.1) is 0 Å². The molecule has 1 aromatic heterocycles. The van der Waals surface area contributed by atoms with Gasteiger partial charge in [-0.05, 0) is 48.9 Å². The second-order valence-corrected chi connectivity index (χ2v) is 5.21. The Kier molecular flexibility index (Phi) is 2.83. The van der Waals surface area contributed by atoms with E-state index < -0.39 is 0 Å². The lowest BCUT2D eigenvalue weighted by molar-refractivity contribution is 0.474. The van der Waals surface area contributed by atoms with E-state index in [1.807, 2.05) is 12.1 Å². The van der Waals surface area contributed by atoms with E-state index in [4.69, 9.17) is 10.5 Å². The van der Waals surface area contributed by atoms with Gasteiger partial charge in [0.1, 0.15) is 11.6 Å². The zero-order chi connectivity index (χ0) is 13.4. The van der Waals surface area contributed by atoms with Crippen LogP contribution in [0.25, 0.3) is 10.2 Å². The van der Waals surface area contributed by atoms with E-state index in [1.165, 1.54) is 23.5 Å². The number of hydrogen-bond donors (Lipinski definition) is 1. The van der Waals surface area contributed by atoms with E-state index in [9.17, 15) is 4.39 Å². The van der Waals surface area contributed by atoms with Gasteiger partial charge < -0.3 is 10.5 Å². The molecule has 0 saturated carbocycles. The largest absolute Gasteiger partial charge is 0.431 e. The highest BCUT2D eigenvalue weighted by Crippen LogP contribution is 2.33. The summed E-state index contributed by atoms with van der Waals surface area (Å²) in [6, 6.07) is 9.91. The van der Waals surface area contributed by atoms with Crippen molar-refractivity contribution < 1.29 is 9.13 Å².